The lowest BCUT2D eigenvalue weighted by molar-refractivity contribution is -0.128. The van der Waals surface area contributed by atoms with Gasteiger partial charge in [-0.3, -0.25) is 9.59 Å². The van der Waals surface area contributed by atoms with Gasteiger partial charge in [0.2, 0.25) is 5.91 Å². The summed E-state index contributed by atoms with van der Waals surface area (Å²) in [6.07, 6.45) is 7.81. The molecular formula is C11H12N2O2. The maximum atomic E-state index is 11.9. The zero-order valence-corrected chi connectivity index (χ0v) is 8.25. The van der Waals surface area contributed by atoms with Crippen molar-refractivity contribution in [1.82, 2.24) is 10.6 Å². The molecule has 2 atom stereocenters. The normalized spacial score (nSPS) is 37.6. The van der Waals surface area contributed by atoms with Crippen LogP contribution in [-0.2, 0) is 9.59 Å². The van der Waals surface area contributed by atoms with Gasteiger partial charge in [0.05, 0.1) is 0 Å². The van der Waals surface area contributed by atoms with E-state index in [0.717, 1.165) is 12.1 Å². The summed E-state index contributed by atoms with van der Waals surface area (Å²) in [6.45, 7) is 0. The van der Waals surface area contributed by atoms with E-state index in [1.54, 1.807) is 0 Å². The van der Waals surface area contributed by atoms with Crippen molar-refractivity contribution in [1.29, 1.82) is 0 Å². The van der Waals surface area contributed by atoms with E-state index in [0.29, 0.717) is 12.8 Å². The second-order valence-electron chi connectivity index (χ2n) is 4.31. The summed E-state index contributed by atoms with van der Waals surface area (Å²) in [4.78, 5) is 23.2. The topological polar surface area (TPSA) is 58.2 Å². The highest BCUT2D eigenvalue weighted by Crippen LogP contribution is 2.41. The fourth-order valence-corrected chi connectivity index (χ4v) is 2.74. The van der Waals surface area contributed by atoms with Crippen LogP contribution in [0.3, 0.4) is 0 Å². The molecule has 0 aromatic heterocycles. The molecule has 4 heteroatoms. The van der Waals surface area contributed by atoms with Gasteiger partial charge in [0.25, 0.3) is 5.91 Å². The summed E-state index contributed by atoms with van der Waals surface area (Å²) < 4.78 is 0. The van der Waals surface area contributed by atoms with E-state index in [2.05, 4.69) is 10.6 Å². The maximum absolute atomic E-state index is 11.9. The van der Waals surface area contributed by atoms with E-state index >= 15 is 0 Å². The van der Waals surface area contributed by atoms with Crippen LogP contribution in [0.5, 0.6) is 0 Å². The number of carbonyl (C=O) groups excluding carboxylic acids is 2. The van der Waals surface area contributed by atoms with Gasteiger partial charge >= 0.3 is 0 Å². The highest BCUT2D eigenvalue weighted by atomic mass is 16.2. The van der Waals surface area contributed by atoms with Gasteiger partial charge in [-0.1, -0.05) is 12.2 Å². The van der Waals surface area contributed by atoms with E-state index in [9.17, 15) is 9.59 Å². The van der Waals surface area contributed by atoms with Gasteiger partial charge in [-0.25, -0.2) is 0 Å². The molecular weight excluding hydrogens is 192 g/mol. The Labute approximate surface area is 87.4 Å². The predicted molar refractivity (Wildman–Crippen MR) is 53.6 cm³/mol. The third kappa shape index (κ3) is 1.02. The summed E-state index contributed by atoms with van der Waals surface area (Å²) in [6, 6.07) is 0. The zero-order valence-electron chi connectivity index (χ0n) is 8.25. The first-order chi connectivity index (χ1) is 7.22. The molecule has 0 bridgehead atoms. The van der Waals surface area contributed by atoms with Crippen LogP contribution < -0.4 is 10.6 Å². The minimum absolute atomic E-state index is 0.0130. The third-order valence-electron chi connectivity index (χ3n) is 3.53. The van der Waals surface area contributed by atoms with Gasteiger partial charge in [-0.2, -0.15) is 0 Å². The summed E-state index contributed by atoms with van der Waals surface area (Å²) in [7, 11) is 0. The van der Waals surface area contributed by atoms with Crippen LogP contribution in [0.4, 0.5) is 0 Å². The molecule has 78 valence electrons. The largest absolute Gasteiger partial charge is 0.341 e. The van der Waals surface area contributed by atoms with Crippen LogP contribution in [0.25, 0.3) is 0 Å². The Bertz CT molecular complexity index is 411. The molecule has 1 spiro atoms. The van der Waals surface area contributed by atoms with Gasteiger partial charge in [0.15, 0.2) is 0 Å². The first kappa shape index (κ1) is 8.71. The second-order valence-corrected chi connectivity index (χ2v) is 4.31. The molecule has 2 unspecified atom stereocenters. The van der Waals surface area contributed by atoms with E-state index < -0.39 is 5.54 Å². The molecule has 0 radical (unpaired) electrons. The average molecular weight is 204 g/mol. The Kier molecular flexibility index (Phi) is 1.58. The average Bonchev–Trinajstić information content (AvgIpc) is 2.73. The second kappa shape index (κ2) is 2.72. The number of hydrogen-bond acceptors (Lipinski definition) is 2. The SMILES string of the molecule is O=C1CCC2(N1)C(=O)NC1=CC=CCC12. The molecule has 2 fully saturated rings. The molecule has 2 aliphatic heterocycles. The number of rotatable bonds is 0. The molecule has 0 aromatic rings. The fourth-order valence-electron chi connectivity index (χ4n) is 2.74. The fraction of sp³-hybridized carbons (Fsp3) is 0.455. The first-order valence-corrected chi connectivity index (χ1v) is 5.21. The summed E-state index contributed by atoms with van der Waals surface area (Å²) in [5.41, 5.74) is 0.290. The van der Waals surface area contributed by atoms with E-state index in [1.807, 2.05) is 18.2 Å². The van der Waals surface area contributed by atoms with Crippen molar-refractivity contribution in [2.45, 2.75) is 24.8 Å². The highest BCUT2D eigenvalue weighted by Gasteiger charge is 2.56. The van der Waals surface area contributed by atoms with Crippen molar-refractivity contribution < 1.29 is 9.59 Å². The lowest BCUT2D eigenvalue weighted by Gasteiger charge is -2.27. The van der Waals surface area contributed by atoms with Crippen LogP contribution in [0.15, 0.2) is 23.9 Å². The molecule has 15 heavy (non-hydrogen) atoms. The Morgan fingerprint density at radius 1 is 1.40 bits per heavy atom. The lowest BCUT2D eigenvalue weighted by atomic mass is 9.80. The van der Waals surface area contributed by atoms with E-state index in [4.69, 9.17) is 0 Å². The summed E-state index contributed by atoms with van der Waals surface area (Å²) in [5, 5.41) is 5.72. The number of amides is 2. The number of hydrogen-bond donors (Lipinski definition) is 2. The lowest BCUT2D eigenvalue weighted by Crippen LogP contribution is -2.51. The van der Waals surface area contributed by atoms with Crippen molar-refractivity contribution in [3.05, 3.63) is 23.9 Å². The molecule has 2 saturated heterocycles. The molecule has 0 saturated carbocycles. The minimum atomic E-state index is -0.659. The van der Waals surface area contributed by atoms with Crippen LogP contribution in [-0.4, -0.2) is 17.4 Å². The van der Waals surface area contributed by atoms with E-state index in [-0.39, 0.29) is 17.7 Å². The first-order valence-electron chi connectivity index (χ1n) is 5.21. The molecule has 4 nitrogen and oxygen atoms in total. The summed E-state index contributed by atoms with van der Waals surface area (Å²) in [5.74, 6) is 0.0516. The Morgan fingerprint density at radius 3 is 3.00 bits per heavy atom. The molecule has 1 aliphatic carbocycles. The van der Waals surface area contributed by atoms with Gasteiger partial charge in [-0.15, -0.1) is 0 Å². The summed E-state index contributed by atoms with van der Waals surface area (Å²) >= 11 is 0. The molecule has 3 aliphatic rings. The van der Waals surface area contributed by atoms with Gasteiger partial charge < -0.3 is 10.6 Å². The Balaban J connectivity index is 2.02. The number of fused-ring (bicyclic) bond motifs is 2. The maximum Gasteiger partial charge on any atom is 0.250 e. The molecule has 3 rings (SSSR count). The van der Waals surface area contributed by atoms with Crippen LogP contribution >= 0.6 is 0 Å². The van der Waals surface area contributed by atoms with Crippen molar-refractivity contribution >= 4 is 11.8 Å². The van der Waals surface area contributed by atoms with Gasteiger partial charge in [0, 0.05) is 18.0 Å². The third-order valence-corrected chi connectivity index (χ3v) is 3.53. The molecule has 2 amide bonds. The van der Waals surface area contributed by atoms with Gasteiger partial charge in [0.1, 0.15) is 5.54 Å². The van der Waals surface area contributed by atoms with Crippen molar-refractivity contribution in [3.63, 3.8) is 0 Å². The quantitative estimate of drug-likeness (QED) is 0.593. The zero-order chi connectivity index (χ0) is 10.5. The molecule has 2 heterocycles. The van der Waals surface area contributed by atoms with Gasteiger partial charge in [-0.05, 0) is 18.9 Å². The predicted octanol–water partition coefficient (Wildman–Crippen LogP) is 0.225. The Hall–Kier alpha value is -1.58. The number of nitrogens with one attached hydrogen (secondary N) is 2. The molecule has 2 N–H and O–H groups in total. The van der Waals surface area contributed by atoms with E-state index in [1.165, 1.54) is 0 Å². The minimum Gasteiger partial charge on any atom is -0.341 e. The molecule has 0 aromatic carbocycles. The van der Waals surface area contributed by atoms with Crippen molar-refractivity contribution in [3.8, 4) is 0 Å². The van der Waals surface area contributed by atoms with Crippen molar-refractivity contribution in [2.24, 2.45) is 5.92 Å². The smallest absolute Gasteiger partial charge is 0.250 e. The van der Waals surface area contributed by atoms with Crippen LogP contribution in [0, 0.1) is 5.92 Å². The Morgan fingerprint density at radius 2 is 2.27 bits per heavy atom. The highest BCUT2D eigenvalue weighted by molar-refractivity contribution is 5.98. The monoisotopic (exact) mass is 204 g/mol. The number of carbonyl (C=O) groups is 2. The van der Waals surface area contributed by atoms with Crippen LogP contribution in [0.2, 0.25) is 0 Å². The number of allylic oxidation sites excluding steroid dienone is 3. The van der Waals surface area contributed by atoms with Crippen LogP contribution in [0.1, 0.15) is 19.3 Å². The van der Waals surface area contributed by atoms with Crippen molar-refractivity contribution in [2.75, 3.05) is 0 Å². The standard InChI is InChI=1S/C11H12N2O2/c14-9-5-6-11(13-9)7-3-1-2-4-8(7)12-10(11)15/h1-2,4,7H,3,5-6H2,(H,12,15)(H,13,14).